The van der Waals surface area contributed by atoms with Crippen molar-refractivity contribution in [2.45, 2.75) is 13.0 Å². The minimum atomic E-state index is -0.122. The zero-order valence-electron chi connectivity index (χ0n) is 17.1. The Hall–Kier alpha value is -2.32. The molecular formula is C22H27ClN4O3. The molecule has 30 heavy (non-hydrogen) atoms. The van der Waals surface area contributed by atoms with Gasteiger partial charge in [-0.15, -0.1) is 0 Å². The average molecular weight is 431 g/mol. The highest BCUT2D eigenvalue weighted by atomic mass is 35.5. The number of halogens is 1. The normalized spacial score (nSPS) is 15.1. The maximum atomic E-state index is 9.80. The molecule has 0 atom stereocenters. The number of aliphatic hydroxyl groups is 2. The Morgan fingerprint density at radius 3 is 2.63 bits per heavy atom. The molecule has 0 spiro atoms. The summed E-state index contributed by atoms with van der Waals surface area (Å²) >= 11 is 6.31. The number of hydrogen-bond acceptors (Lipinski definition) is 6. The van der Waals surface area contributed by atoms with Crippen molar-refractivity contribution in [3.63, 3.8) is 0 Å². The van der Waals surface area contributed by atoms with Crippen LogP contribution < -0.4 is 9.64 Å². The fourth-order valence-electron chi connectivity index (χ4n) is 3.94. The fourth-order valence-corrected chi connectivity index (χ4v) is 4.18. The van der Waals surface area contributed by atoms with Crippen LogP contribution in [0.1, 0.15) is 12.0 Å². The van der Waals surface area contributed by atoms with Gasteiger partial charge in [0.15, 0.2) is 0 Å². The molecule has 0 radical (unpaired) electrons. The van der Waals surface area contributed by atoms with Gasteiger partial charge in [-0.25, -0.2) is 4.98 Å². The van der Waals surface area contributed by atoms with Crippen LogP contribution in [0.5, 0.6) is 5.75 Å². The second kappa shape index (κ2) is 9.22. The van der Waals surface area contributed by atoms with E-state index >= 15 is 0 Å². The van der Waals surface area contributed by atoms with Gasteiger partial charge in [0, 0.05) is 69.0 Å². The van der Waals surface area contributed by atoms with Crippen LogP contribution in [0.3, 0.4) is 0 Å². The highest BCUT2D eigenvalue weighted by Gasteiger charge is 2.18. The number of pyridine rings is 1. The van der Waals surface area contributed by atoms with Crippen LogP contribution in [0.2, 0.25) is 5.02 Å². The number of aromatic nitrogens is 2. The monoisotopic (exact) mass is 430 g/mol. The predicted molar refractivity (Wildman–Crippen MR) is 118 cm³/mol. The van der Waals surface area contributed by atoms with Gasteiger partial charge in [0.2, 0.25) is 0 Å². The number of hydrogen-bond donors (Lipinski definition) is 2. The zero-order chi connectivity index (χ0) is 21.1. The molecule has 1 saturated heterocycles. The van der Waals surface area contributed by atoms with E-state index in [-0.39, 0.29) is 13.2 Å². The molecule has 0 saturated carbocycles. The second-order valence-electron chi connectivity index (χ2n) is 7.48. The standard InChI is InChI=1S/C22H27ClN4O3/c1-30-21-11-16(15-29)18(13-19(21)23)20-14-27-5-3-17(12-22(27)24-20)26-8-6-25(7-9-26)4-2-10-28/h3,5,11-14,28-29H,2,4,6-10,15H2,1H3. The van der Waals surface area contributed by atoms with Crippen molar-refractivity contribution in [3.8, 4) is 17.0 Å². The van der Waals surface area contributed by atoms with E-state index in [0.717, 1.165) is 67.3 Å². The number of aliphatic hydroxyl groups excluding tert-OH is 2. The predicted octanol–water partition coefficient (Wildman–Crippen LogP) is 2.66. The average Bonchev–Trinajstić information content (AvgIpc) is 3.21. The summed E-state index contributed by atoms with van der Waals surface area (Å²) < 4.78 is 7.24. The van der Waals surface area contributed by atoms with Gasteiger partial charge in [-0.1, -0.05) is 11.6 Å². The third-order valence-electron chi connectivity index (χ3n) is 5.64. The Kier molecular flexibility index (Phi) is 6.43. The molecule has 0 unspecified atom stereocenters. The molecule has 2 N–H and O–H groups in total. The number of methoxy groups -OCH3 is 1. The third-order valence-corrected chi connectivity index (χ3v) is 5.93. The highest BCUT2D eigenvalue weighted by molar-refractivity contribution is 6.32. The van der Waals surface area contributed by atoms with Gasteiger partial charge in [0.1, 0.15) is 11.4 Å². The first kappa shape index (κ1) is 20.9. The maximum Gasteiger partial charge on any atom is 0.139 e. The first-order chi connectivity index (χ1) is 14.6. The van der Waals surface area contributed by atoms with Gasteiger partial charge in [0.25, 0.3) is 0 Å². The molecule has 0 bridgehead atoms. The molecule has 7 nitrogen and oxygen atoms in total. The minimum absolute atomic E-state index is 0.122. The van der Waals surface area contributed by atoms with E-state index in [9.17, 15) is 5.11 Å². The molecule has 4 rings (SSSR count). The van der Waals surface area contributed by atoms with Gasteiger partial charge in [-0.2, -0.15) is 0 Å². The maximum absolute atomic E-state index is 9.80. The molecule has 3 aromatic rings. The van der Waals surface area contributed by atoms with Crippen molar-refractivity contribution < 1.29 is 14.9 Å². The van der Waals surface area contributed by atoms with Crippen LogP contribution in [0, 0.1) is 0 Å². The zero-order valence-corrected chi connectivity index (χ0v) is 17.8. The van der Waals surface area contributed by atoms with Crippen molar-refractivity contribution >= 4 is 22.9 Å². The molecule has 1 aromatic carbocycles. The molecule has 1 aliphatic heterocycles. The van der Waals surface area contributed by atoms with Crippen LogP contribution in [0.15, 0.2) is 36.7 Å². The van der Waals surface area contributed by atoms with Gasteiger partial charge >= 0.3 is 0 Å². The molecule has 2 aromatic heterocycles. The van der Waals surface area contributed by atoms with E-state index in [1.54, 1.807) is 19.2 Å². The first-order valence-corrected chi connectivity index (χ1v) is 10.6. The Labute approximate surface area is 181 Å². The van der Waals surface area contributed by atoms with Gasteiger partial charge in [-0.3, -0.25) is 4.90 Å². The first-order valence-electron chi connectivity index (χ1n) is 10.2. The SMILES string of the molecule is COc1cc(CO)c(-c2cn3ccc(N4CCN(CCCO)CC4)cc3n2)cc1Cl. The van der Waals surface area contributed by atoms with E-state index in [1.807, 2.05) is 16.8 Å². The third kappa shape index (κ3) is 4.25. The van der Waals surface area contributed by atoms with Crippen LogP contribution in [0.4, 0.5) is 5.69 Å². The van der Waals surface area contributed by atoms with Crippen LogP contribution >= 0.6 is 11.6 Å². The lowest BCUT2D eigenvalue weighted by atomic mass is 10.1. The number of anilines is 1. The van der Waals surface area contributed by atoms with E-state index in [2.05, 4.69) is 21.9 Å². The summed E-state index contributed by atoms with van der Waals surface area (Å²) in [7, 11) is 1.56. The molecule has 1 fully saturated rings. The molecule has 3 heterocycles. The fraction of sp³-hybridized carbons (Fsp3) is 0.409. The quantitative estimate of drug-likeness (QED) is 0.600. The number of fused-ring (bicyclic) bond motifs is 1. The number of ether oxygens (including phenoxy) is 1. The molecule has 0 amide bonds. The Morgan fingerprint density at radius 2 is 1.93 bits per heavy atom. The summed E-state index contributed by atoms with van der Waals surface area (Å²) in [5, 5.41) is 19.3. The summed E-state index contributed by atoms with van der Waals surface area (Å²) in [5.41, 5.74) is 4.28. The molecule has 1 aliphatic rings. The summed E-state index contributed by atoms with van der Waals surface area (Å²) in [6.45, 7) is 4.98. The number of piperazine rings is 1. The molecule has 8 heteroatoms. The van der Waals surface area contributed by atoms with Crippen LogP contribution in [0.25, 0.3) is 16.9 Å². The van der Waals surface area contributed by atoms with E-state index in [1.165, 1.54) is 0 Å². The topological polar surface area (TPSA) is 73.5 Å². The van der Waals surface area contributed by atoms with Crippen molar-refractivity contribution in [2.24, 2.45) is 0 Å². The lowest BCUT2D eigenvalue weighted by molar-refractivity contribution is 0.216. The number of rotatable bonds is 7. The number of benzene rings is 1. The summed E-state index contributed by atoms with van der Waals surface area (Å²) in [6, 6.07) is 7.75. The molecule has 0 aliphatic carbocycles. The van der Waals surface area contributed by atoms with Crippen molar-refractivity contribution in [3.05, 3.63) is 47.2 Å². The van der Waals surface area contributed by atoms with E-state index in [4.69, 9.17) is 26.4 Å². The molecular weight excluding hydrogens is 404 g/mol. The largest absolute Gasteiger partial charge is 0.495 e. The smallest absolute Gasteiger partial charge is 0.139 e. The van der Waals surface area contributed by atoms with Gasteiger partial charge in [-0.05, 0) is 30.2 Å². The second-order valence-corrected chi connectivity index (χ2v) is 7.89. The number of nitrogens with zero attached hydrogens (tertiary/aromatic N) is 4. The van der Waals surface area contributed by atoms with Crippen LogP contribution in [-0.2, 0) is 6.61 Å². The Morgan fingerprint density at radius 1 is 1.13 bits per heavy atom. The summed E-state index contributed by atoms with van der Waals surface area (Å²) in [4.78, 5) is 9.55. The van der Waals surface area contributed by atoms with Crippen molar-refractivity contribution in [1.82, 2.24) is 14.3 Å². The highest BCUT2D eigenvalue weighted by Crippen LogP contribution is 2.34. The Balaban J connectivity index is 1.57. The van der Waals surface area contributed by atoms with E-state index < -0.39 is 0 Å². The minimum Gasteiger partial charge on any atom is -0.495 e. The summed E-state index contributed by atoms with van der Waals surface area (Å²) in [6.07, 6.45) is 4.79. The lowest BCUT2D eigenvalue weighted by Crippen LogP contribution is -2.46. The lowest BCUT2D eigenvalue weighted by Gasteiger charge is -2.36. The van der Waals surface area contributed by atoms with Gasteiger partial charge in [0.05, 0.1) is 24.4 Å². The Bertz CT molecular complexity index is 1020. The number of imidazole rings is 1. The van der Waals surface area contributed by atoms with Crippen LogP contribution in [-0.4, -0.2) is 70.9 Å². The van der Waals surface area contributed by atoms with Gasteiger partial charge < -0.3 is 24.3 Å². The summed E-state index contributed by atoms with van der Waals surface area (Å²) in [5.74, 6) is 0.536. The van der Waals surface area contributed by atoms with Crippen molar-refractivity contribution in [1.29, 1.82) is 0 Å². The van der Waals surface area contributed by atoms with E-state index in [0.29, 0.717) is 10.8 Å². The molecule has 160 valence electrons. The van der Waals surface area contributed by atoms with Crippen molar-refractivity contribution in [2.75, 3.05) is 51.3 Å².